The number of thioether (sulfide) groups is 1. The first kappa shape index (κ1) is 20.5. The number of nitrogens with zero attached hydrogens (tertiary/aromatic N) is 4. The lowest BCUT2D eigenvalue weighted by atomic mass is 10.1. The molecule has 152 valence electrons. The number of methoxy groups -OCH3 is 2. The fraction of sp³-hybridized carbons (Fsp3) is 0.526. The topological polar surface area (TPSA) is 78.7 Å². The van der Waals surface area contributed by atoms with Crippen LogP contribution in [0.5, 0.6) is 11.5 Å². The molecule has 1 aliphatic heterocycles. The van der Waals surface area contributed by atoms with Gasteiger partial charge in [0.05, 0.1) is 32.7 Å². The van der Waals surface area contributed by atoms with Crippen molar-refractivity contribution >= 4 is 23.5 Å². The Morgan fingerprint density at radius 1 is 1.21 bits per heavy atom. The summed E-state index contributed by atoms with van der Waals surface area (Å²) >= 11 is 1.42. The van der Waals surface area contributed by atoms with Crippen LogP contribution in [0.15, 0.2) is 23.4 Å². The summed E-state index contributed by atoms with van der Waals surface area (Å²) in [6.07, 6.45) is 0. The van der Waals surface area contributed by atoms with Crippen LogP contribution in [0.2, 0.25) is 0 Å². The Bertz CT molecular complexity index is 820. The molecule has 1 aromatic heterocycles. The van der Waals surface area contributed by atoms with Crippen molar-refractivity contribution < 1.29 is 19.0 Å². The fourth-order valence-corrected chi connectivity index (χ4v) is 4.06. The van der Waals surface area contributed by atoms with Gasteiger partial charge in [0.25, 0.3) is 0 Å². The molecule has 28 heavy (non-hydrogen) atoms. The zero-order valence-electron chi connectivity index (χ0n) is 16.7. The van der Waals surface area contributed by atoms with E-state index in [-0.39, 0.29) is 11.0 Å². The molecule has 1 unspecified atom stereocenters. The molecule has 1 aliphatic rings. The van der Waals surface area contributed by atoms with Crippen LogP contribution in [-0.4, -0.2) is 66.3 Å². The SMILES string of the molecule is CCn1c(SC(C)C(=O)c2ccc(OC)c(OC)c2)nnc1N1CCOCC1. The second-order valence-electron chi connectivity index (χ2n) is 6.32. The zero-order valence-corrected chi connectivity index (χ0v) is 17.5. The first-order valence-corrected chi connectivity index (χ1v) is 10.2. The predicted molar refractivity (Wildman–Crippen MR) is 108 cm³/mol. The molecule has 1 aromatic carbocycles. The van der Waals surface area contributed by atoms with Gasteiger partial charge in [-0.1, -0.05) is 11.8 Å². The number of carbonyl (C=O) groups is 1. The van der Waals surface area contributed by atoms with Gasteiger partial charge in [0, 0.05) is 25.2 Å². The Labute approximate surface area is 169 Å². The molecule has 1 fully saturated rings. The highest BCUT2D eigenvalue weighted by Crippen LogP contribution is 2.31. The third-order valence-electron chi connectivity index (χ3n) is 4.63. The van der Waals surface area contributed by atoms with Gasteiger partial charge in [0.2, 0.25) is 5.95 Å². The second-order valence-corrected chi connectivity index (χ2v) is 7.63. The third-order valence-corrected chi connectivity index (χ3v) is 5.71. The average molecular weight is 407 g/mol. The summed E-state index contributed by atoms with van der Waals surface area (Å²) < 4.78 is 18.0. The Hall–Kier alpha value is -2.26. The summed E-state index contributed by atoms with van der Waals surface area (Å²) in [5.74, 6) is 1.97. The number of carbonyl (C=O) groups excluding carboxylic acids is 1. The van der Waals surface area contributed by atoms with Crippen molar-refractivity contribution in [2.75, 3.05) is 45.4 Å². The normalized spacial score (nSPS) is 15.4. The van der Waals surface area contributed by atoms with Crippen molar-refractivity contribution in [2.24, 2.45) is 0 Å². The molecule has 3 rings (SSSR count). The van der Waals surface area contributed by atoms with E-state index in [1.807, 2.05) is 11.5 Å². The molecule has 0 bridgehead atoms. The van der Waals surface area contributed by atoms with Gasteiger partial charge < -0.3 is 19.1 Å². The molecule has 0 saturated carbocycles. The van der Waals surface area contributed by atoms with Gasteiger partial charge in [0.1, 0.15) is 0 Å². The van der Waals surface area contributed by atoms with Gasteiger partial charge in [-0.05, 0) is 32.0 Å². The third kappa shape index (κ3) is 4.25. The van der Waals surface area contributed by atoms with Crippen LogP contribution in [0, 0.1) is 0 Å². The number of hydrogen-bond acceptors (Lipinski definition) is 8. The summed E-state index contributed by atoms with van der Waals surface area (Å²) in [6, 6.07) is 5.21. The monoisotopic (exact) mass is 406 g/mol. The number of ketones is 1. The number of benzene rings is 1. The number of ether oxygens (including phenoxy) is 3. The Morgan fingerprint density at radius 3 is 2.57 bits per heavy atom. The van der Waals surface area contributed by atoms with Crippen molar-refractivity contribution in [3.8, 4) is 11.5 Å². The largest absolute Gasteiger partial charge is 0.493 e. The minimum atomic E-state index is -0.315. The van der Waals surface area contributed by atoms with Crippen LogP contribution in [0.25, 0.3) is 0 Å². The van der Waals surface area contributed by atoms with Crippen molar-refractivity contribution in [3.05, 3.63) is 23.8 Å². The van der Waals surface area contributed by atoms with E-state index < -0.39 is 0 Å². The van der Waals surface area contributed by atoms with Crippen LogP contribution < -0.4 is 14.4 Å². The van der Waals surface area contributed by atoms with Crippen LogP contribution in [0.1, 0.15) is 24.2 Å². The number of Topliss-reactive ketones (excluding diaryl/α,β-unsaturated/α-hetero) is 1. The molecule has 2 aromatic rings. The predicted octanol–water partition coefficient (Wildman–Crippen LogP) is 2.52. The molecule has 9 heteroatoms. The first-order chi connectivity index (χ1) is 13.6. The van der Waals surface area contributed by atoms with E-state index in [1.165, 1.54) is 11.8 Å². The molecule has 1 saturated heterocycles. The van der Waals surface area contributed by atoms with Crippen molar-refractivity contribution in [1.82, 2.24) is 14.8 Å². The van der Waals surface area contributed by atoms with Crippen LogP contribution in [0.4, 0.5) is 5.95 Å². The highest BCUT2D eigenvalue weighted by molar-refractivity contribution is 8.00. The summed E-state index contributed by atoms with van der Waals surface area (Å²) in [5, 5.41) is 9.12. The summed E-state index contributed by atoms with van der Waals surface area (Å²) in [7, 11) is 3.13. The van der Waals surface area contributed by atoms with E-state index in [1.54, 1.807) is 32.4 Å². The van der Waals surface area contributed by atoms with Crippen LogP contribution in [-0.2, 0) is 11.3 Å². The Kier molecular flexibility index (Phi) is 6.79. The van der Waals surface area contributed by atoms with Crippen molar-refractivity contribution in [3.63, 3.8) is 0 Å². The summed E-state index contributed by atoms with van der Waals surface area (Å²) in [5.41, 5.74) is 0.577. The van der Waals surface area contributed by atoms with Gasteiger partial charge in [-0.15, -0.1) is 10.2 Å². The Morgan fingerprint density at radius 2 is 1.93 bits per heavy atom. The van der Waals surface area contributed by atoms with E-state index in [2.05, 4.69) is 22.0 Å². The Balaban J connectivity index is 1.76. The van der Waals surface area contributed by atoms with Gasteiger partial charge in [0.15, 0.2) is 22.4 Å². The number of aromatic nitrogens is 3. The van der Waals surface area contributed by atoms with E-state index in [0.29, 0.717) is 30.3 Å². The van der Waals surface area contributed by atoms with E-state index in [4.69, 9.17) is 14.2 Å². The first-order valence-electron chi connectivity index (χ1n) is 9.27. The maximum atomic E-state index is 12.9. The standard InChI is InChI=1S/C19H26N4O4S/c1-5-23-18(22-8-10-27-11-9-22)20-21-19(23)28-13(2)17(24)14-6-7-15(25-3)16(12-14)26-4/h6-7,12-13H,5,8-11H2,1-4H3. The lowest BCUT2D eigenvalue weighted by Gasteiger charge is -2.27. The molecule has 0 spiro atoms. The smallest absolute Gasteiger partial charge is 0.228 e. The molecular weight excluding hydrogens is 380 g/mol. The lowest BCUT2D eigenvalue weighted by Crippen LogP contribution is -2.38. The quantitative estimate of drug-likeness (QED) is 0.489. The van der Waals surface area contributed by atoms with Gasteiger partial charge in [-0.2, -0.15) is 0 Å². The number of morpholine rings is 1. The zero-order chi connectivity index (χ0) is 20.1. The molecule has 0 aliphatic carbocycles. The van der Waals surface area contributed by atoms with Gasteiger partial charge in [-0.3, -0.25) is 9.36 Å². The molecule has 1 atom stereocenters. The highest BCUT2D eigenvalue weighted by atomic mass is 32.2. The minimum absolute atomic E-state index is 0.00419. The van der Waals surface area contributed by atoms with Gasteiger partial charge >= 0.3 is 0 Å². The summed E-state index contributed by atoms with van der Waals surface area (Å²) in [4.78, 5) is 15.1. The van der Waals surface area contributed by atoms with Crippen molar-refractivity contribution in [1.29, 1.82) is 0 Å². The fourth-order valence-electron chi connectivity index (χ4n) is 3.08. The van der Waals surface area contributed by atoms with Crippen molar-refractivity contribution in [2.45, 2.75) is 30.8 Å². The molecule has 0 radical (unpaired) electrons. The lowest BCUT2D eigenvalue weighted by molar-refractivity contribution is 0.0993. The minimum Gasteiger partial charge on any atom is -0.493 e. The van der Waals surface area contributed by atoms with Crippen LogP contribution >= 0.6 is 11.8 Å². The maximum Gasteiger partial charge on any atom is 0.228 e. The van der Waals surface area contributed by atoms with Gasteiger partial charge in [-0.25, -0.2) is 0 Å². The maximum absolute atomic E-state index is 12.9. The number of rotatable bonds is 8. The average Bonchev–Trinajstić information content (AvgIpc) is 3.15. The molecule has 8 nitrogen and oxygen atoms in total. The van der Waals surface area contributed by atoms with Crippen LogP contribution in [0.3, 0.4) is 0 Å². The van der Waals surface area contributed by atoms with E-state index in [9.17, 15) is 4.79 Å². The molecule has 0 amide bonds. The number of anilines is 1. The second kappa shape index (κ2) is 9.29. The number of hydrogen-bond donors (Lipinski definition) is 0. The molecule has 0 N–H and O–H groups in total. The molecular formula is C19H26N4O4S. The summed E-state index contributed by atoms with van der Waals surface area (Å²) in [6.45, 7) is 7.64. The van der Waals surface area contributed by atoms with E-state index in [0.717, 1.165) is 30.7 Å². The molecule has 2 heterocycles. The van der Waals surface area contributed by atoms with E-state index >= 15 is 0 Å². The highest BCUT2D eigenvalue weighted by Gasteiger charge is 2.24.